The van der Waals surface area contributed by atoms with Crippen LogP contribution in [0.15, 0.2) is 18.2 Å². The zero-order chi connectivity index (χ0) is 24.9. The molecular formula is C26H38N4O5. The van der Waals surface area contributed by atoms with Crippen molar-refractivity contribution in [1.29, 1.82) is 0 Å². The van der Waals surface area contributed by atoms with Crippen LogP contribution in [0.3, 0.4) is 0 Å². The summed E-state index contributed by atoms with van der Waals surface area (Å²) in [5.74, 6) is 1.26. The number of nitrogens with one attached hydrogen (secondary N) is 1. The van der Waals surface area contributed by atoms with Crippen LogP contribution in [-0.2, 0) is 16.0 Å². The predicted molar refractivity (Wildman–Crippen MR) is 131 cm³/mol. The maximum atomic E-state index is 13.0. The van der Waals surface area contributed by atoms with Crippen LogP contribution in [0.25, 0.3) is 0 Å². The molecule has 192 valence electrons. The Hall–Kier alpha value is -2.81. The first-order chi connectivity index (χ1) is 16.9. The average Bonchev–Trinajstić information content (AvgIpc) is 3.14. The largest absolute Gasteiger partial charge is 0.493 e. The molecule has 3 saturated heterocycles. The van der Waals surface area contributed by atoms with E-state index >= 15 is 0 Å². The summed E-state index contributed by atoms with van der Waals surface area (Å²) in [5.41, 5.74) is 0.923. The SMILES string of the molecule is COc1ccc(CCN2C(=O)N[C@H](CC(=O)N(C)C[C@H]3CCCN4CCCC[C@@H]34)C2=O)cc1OC. The Morgan fingerprint density at radius 1 is 1.09 bits per heavy atom. The summed E-state index contributed by atoms with van der Waals surface area (Å²) < 4.78 is 10.6. The molecule has 35 heavy (non-hydrogen) atoms. The molecule has 1 aromatic rings. The summed E-state index contributed by atoms with van der Waals surface area (Å²) in [5, 5.41) is 2.70. The number of urea groups is 1. The molecule has 9 nitrogen and oxygen atoms in total. The number of rotatable bonds is 9. The minimum atomic E-state index is -0.805. The van der Waals surface area contributed by atoms with Crippen molar-refractivity contribution in [3.05, 3.63) is 23.8 Å². The third-order valence-electron chi connectivity index (χ3n) is 7.72. The van der Waals surface area contributed by atoms with Crippen LogP contribution < -0.4 is 14.8 Å². The zero-order valence-corrected chi connectivity index (χ0v) is 21.1. The highest BCUT2D eigenvalue weighted by atomic mass is 16.5. The van der Waals surface area contributed by atoms with Crippen LogP contribution in [-0.4, -0.2) is 92.1 Å². The van der Waals surface area contributed by atoms with Gasteiger partial charge in [-0.1, -0.05) is 12.5 Å². The van der Waals surface area contributed by atoms with Crippen LogP contribution >= 0.6 is 0 Å². The molecule has 3 heterocycles. The molecule has 4 rings (SSSR count). The molecule has 3 atom stereocenters. The van der Waals surface area contributed by atoms with E-state index in [1.165, 1.54) is 43.7 Å². The van der Waals surface area contributed by atoms with E-state index in [9.17, 15) is 14.4 Å². The minimum Gasteiger partial charge on any atom is -0.493 e. The second kappa shape index (κ2) is 11.3. The maximum Gasteiger partial charge on any atom is 0.324 e. The van der Waals surface area contributed by atoms with E-state index in [2.05, 4.69) is 10.2 Å². The molecule has 3 aliphatic heterocycles. The van der Waals surface area contributed by atoms with Gasteiger partial charge in [-0.05, 0) is 68.8 Å². The molecule has 0 saturated carbocycles. The van der Waals surface area contributed by atoms with Crippen LogP contribution in [0.5, 0.6) is 11.5 Å². The number of carbonyl (C=O) groups is 3. The van der Waals surface area contributed by atoms with Crippen LogP contribution in [0, 0.1) is 5.92 Å². The summed E-state index contributed by atoms with van der Waals surface area (Å²) in [6, 6.07) is 4.84. The fourth-order valence-corrected chi connectivity index (χ4v) is 5.78. The summed E-state index contributed by atoms with van der Waals surface area (Å²) in [7, 11) is 4.96. The lowest BCUT2D eigenvalue weighted by atomic mass is 9.83. The normalized spacial score (nSPS) is 24.7. The summed E-state index contributed by atoms with van der Waals surface area (Å²) >= 11 is 0. The lowest BCUT2D eigenvalue weighted by Gasteiger charge is -2.45. The van der Waals surface area contributed by atoms with Gasteiger partial charge in [0.2, 0.25) is 5.91 Å². The van der Waals surface area contributed by atoms with Crippen molar-refractivity contribution in [2.24, 2.45) is 5.92 Å². The molecule has 0 aliphatic carbocycles. The summed E-state index contributed by atoms with van der Waals surface area (Å²) in [6.07, 6.45) is 6.53. The molecule has 4 amide bonds. The van der Waals surface area contributed by atoms with E-state index < -0.39 is 12.1 Å². The number of benzene rings is 1. The van der Waals surface area contributed by atoms with Gasteiger partial charge >= 0.3 is 6.03 Å². The third kappa shape index (κ3) is 5.72. The molecule has 1 aromatic carbocycles. The number of methoxy groups -OCH3 is 2. The van der Waals surface area contributed by atoms with E-state index in [-0.39, 0.29) is 24.8 Å². The Labute approximate surface area is 207 Å². The lowest BCUT2D eigenvalue weighted by Crippen LogP contribution is -2.51. The van der Waals surface area contributed by atoms with Gasteiger partial charge in [0.1, 0.15) is 6.04 Å². The van der Waals surface area contributed by atoms with E-state index in [1.54, 1.807) is 25.2 Å². The Kier molecular flexibility index (Phi) is 8.15. The Morgan fingerprint density at radius 3 is 2.63 bits per heavy atom. The van der Waals surface area contributed by atoms with Gasteiger partial charge < -0.3 is 24.6 Å². The zero-order valence-electron chi connectivity index (χ0n) is 21.1. The number of hydrogen-bond acceptors (Lipinski definition) is 6. The average molecular weight is 487 g/mol. The second-order valence-corrected chi connectivity index (χ2v) is 9.91. The topological polar surface area (TPSA) is 91.4 Å². The Balaban J connectivity index is 1.29. The molecular weight excluding hydrogens is 448 g/mol. The molecule has 3 fully saturated rings. The van der Waals surface area contributed by atoms with Gasteiger partial charge in [-0.3, -0.25) is 14.5 Å². The Bertz CT molecular complexity index is 936. The fraction of sp³-hybridized carbons (Fsp3) is 0.654. The fourth-order valence-electron chi connectivity index (χ4n) is 5.78. The standard InChI is InChI=1S/C26H38N4O5/c1-28(17-19-7-6-13-29-12-5-4-8-21(19)29)24(31)16-20-25(32)30(26(33)27-20)14-11-18-9-10-22(34-2)23(15-18)35-3/h9-10,15,19-21H,4-8,11-14,16-17H2,1-3H3,(H,27,33)/t19-,20-,21+/m1/s1. The summed E-state index contributed by atoms with van der Waals surface area (Å²) in [6.45, 7) is 3.28. The molecule has 0 aromatic heterocycles. The monoisotopic (exact) mass is 486 g/mol. The maximum absolute atomic E-state index is 13.0. The highest BCUT2D eigenvalue weighted by Crippen LogP contribution is 2.31. The third-order valence-corrected chi connectivity index (χ3v) is 7.72. The lowest BCUT2D eigenvalue weighted by molar-refractivity contribution is -0.135. The van der Waals surface area contributed by atoms with Gasteiger partial charge in [-0.15, -0.1) is 0 Å². The Morgan fingerprint density at radius 2 is 1.86 bits per heavy atom. The first kappa shape index (κ1) is 25.3. The van der Waals surface area contributed by atoms with Crippen molar-refractivity contribution in [1.82, 2.24) is 20.0 Å². The molecule has 1 N–H and O–H groups in total. The van der Waals surface area contributed by atoms with Gasteiger partial charge in [-0.2, -0.15) is 0 Å². The van der Waals surface area contributed by atoms with Gasteiger partial charge in [-0.25, -0.2) is 4.79 Å². The minimum absolute atomic E-state index is 0.00493. The highest BCUT2D eigenvalue weighted by Gasteiger charge is 2.40. The molecule has 9 heteroatoms. The van der Waals surface area contributed by atoms with Gasteiger partial charge in [0.05, 0.1) is 20.6 Å². The van der Waals surface area contributed by atoms with Crippen molar-refractivity contribution < 1.29 is 23.9 Å². The van der Waals surface area contributed by atoms with Crippen molar-refractivity contribution in [2.75, 3.05) is 47.4 Å². The number of carbonyl (C=O) groups excluding carboxylic acids is 3. The number of fused-ring (bicyclic) bond motifs is 1. The molecule has 0 radical (unpaired) electrons. The smallest absolute Gasteiger partial charge is 0.324 e. The van der Waals surface area contributed by atoms with Crippen LogP contribution in [0.2, 0.25) is 0 Å². The first-order valence-corrected chi connectivity index (χ1v) is 12.7. The van der Waals surface area contributed by atoms with Crippen LogP contribution in [0.1, 0.15) is 44.1 Å². The number of ether oxygens (including phenoxy) is 2. The van der Waals surface area contributed by atoms with E-state index in [1.807, 2.05) is 19.2 Å². The van der Waals surface area contributed by atoms with Crippen LogP contribution in [0.4, 0.5) is 4.79 Å². The second-order valence-electron chi connectivity index (χ2n) is 9.91. The number of hydrogen-bond donors (Lipinski definition) is 1. The number of nitrogens with zero attached hydrogens (tertiary/aromatic N) is 3. The van der Waals surface area contributed by atoms with E-state index in [0.29, 0.717) is 36.4 Å². The van der Waals surface area contributed by atoms with E-state index in [4.69, 9.17) is 9.47 Å². The van der Waals surface area contributed by atoms with Gasteiger partial charge in [0.25, 0.3) is 5.91 Å². The molecule has 0 unspecified atom stereocenters. The van der Waals surface area contributed by atoms with Gasteiger partial charge in [0, 0.05) is 26.2 Å². The quantitative estimate of drug-likeness (QED) is 0.539. The summed E-state index contributed by atoms with van der Waals surface area (Å²) in [4.78, 5) is 43.9. The number of piperidine rings is 2. The first-order valence-electron chi connectivity index (χ1n) is 12.7. The van der Waals surface area contributed by atoms with Crippen molar-refractivity contribution in [3.63, 3.8) is 0 Å². The van der Waals surface area contributed by atoms with Crippen molar-refractivity contribution in [3.8, 4) is 11.5 Å². The van der Waals surface area contributed by atoms with Crippen molar-refractivity contribution in [2.45, 2.75) is 57.0 Å². The molecule has 0 spiro atoms. The molecule has 3 aliphatic rings. The predicted octanol–water partition coefficient (Wildman–Crippen LogP) is 2.28. The van der Waals surface area contributed by atoms with Crippen molar-refractivity contribution >= 4 is 17.8 Å². The number of imide groups is 1. The van der Waals surface area contributed by atoms with Gasteiger partial charge in [0.15, 0.2) is 11.5 Å². The van der Waals surface area contributed by atoms with E-state index in [0.717, 1.165) is 12.0 Å². The molecule has 0 bridgehead atoms. The highest BCUT2D eigenvalue weighted by molar-refractivity contribution is 6.05. The number of amides is 4.